The van der Waals surface area contributed by atoms with Crippen LogP contribution in [0.25, 0.3) is 0 Å². The largest absolute Gasteiger partial charge is 0.573 e. The summed E-state index contributed by atoms with van der Waals surface area (Å²) in [5, 5.41) is 9.69. The molecule has 0 aliphatic carbocycles. The molecule has 0 unspecified atom stereocenters. The quantitative estimate of drug-likeness (QED) is 0.740. The summed E-state index contributed by atoms with van der Waals surface area (Å²) in [7, 11) is -4.35. The minimum absolute atomic E-state index is 0.0964. The fourth-order valence-corrected chi connectivity index (χ4v) is 3.91. The number of halogens is 3. The predicted octanol–water partition coefficient (Wildman–Crippen LogP) is 3.25. The molecule has 0 radical (unpaired) electrons. The Morgan fingerprint density at radius 2 is 1.63 bits per heavy atom. The van der Waals surface area contributed by atoms with Crippen molar-refractivity contribution in [1.82, 2.24) is 4.72 Å². The van der Waals surface area contributed by atoms with Crippen LogP contribution in [0.3, 0.4) is 0 Å². The zero-order valence-corrected chi connectivity index (χ0v) is 14.8. The molecule has 2 N–H and O–H groups in total. The highest BCUT2D eigenvalue weighted by Crippen LogP contribution is 2.29. The van der Waals surface area contributed by atoms with E-state index in [0.717, 1.165) is 24.3 Å². The summed E-state index contributed by atoms with van der Waals surface area (Å²) >= 11 is 0. The Morgan fingerprint density at radius 1 is 1.07 bits per heavy atom. The normalized spacial score (nSPS) is 14.4. The highest BCUT2D eigenvalue weighted by atomic mass is 32.2. The summed E-state index contributed by atoms with van der Waals surface area (Å²) in [6.07, 6.45) is -5.01. The van der Waals surface area contributed by atoms with Gasteiger partial charge in [0.25, 0.3) is 0 Å². The SMILES string of the molecule is CC[C@@](NS(=O)(=O)c1ccc(OC(F)(F)F)cc1)(C(=O)O)c1ccccc1. The van der Waals surface area contributed by atoms with Crippen LogP contribution in [0.1, 0.15) is 18.9 Å². The molecule has 2 aromatic rings. The van der Waals surface area contributed by atoms with E-state index in [1.165, 1.54) is 19.1 Å². The highest BCUT2D eigenvalue weighted by molar-refractivity contribution is 7.89. The first-order chi connectivity index (χ1) is 12.5. The van der Waals surface area contributed by atoms with E-state index in [1.54, 1.807) is 18.2 Å². The van der Waals surface area contributed by atoms with Gasteiger partial charge in [-0.25, -0.2) is 13.2 Å². The Hall–Kier alpha value is -2.59. The molecule has 0 aliphatic heterocycles. The van der Waals surface area contributed by atoms with Gasteiger partial charge in [-0.15, -0.1) is 13.2 Å². The Kier molecular flexibility index (Phi) is 5.81. The maximum atomic E-state index is 12.6. The van der Waals surface area contributed by atoms with Crippen molar-refractivity contribution in [3.05, 3.63) is 60.2 Å². The lowest BCUT2D eigenvalue weighted by Crippen LogP contribution is -2.51. The molecule has 1 atom stereocenters. The lowest BCUT2D eigenvalue weighted by Gasteiger charge is -2.29. The van der Waals surface area contributed by atoms with Gasteiger partial charge in [0.1, 0.15) is 5.75 Å². The zero-order valence-electron chi connectivity index (χ0n) is 14.0. The topological polar surface area (TPSA) is 92.7 Å². The van der Waals surface area contributed by atoms with E-state index < -0.39 is 38.5 Å². The Morgan fingerprint density at radius 3 is 2.07 bits per heavy atom. The molecule has 146 valence electrons. The first kappa shape index (κ1) is 20.7. The van der Waals surface area contributed by atoms with Gasteiger partial charge in [-0.1, -0.05) is 37.3 Å². The lowest BCUT2D eigenvalue weighted by atomic mass is 9.88. The fraction of sp³-hybridized carbons (Fsp3) is 0.235. The van der Waals surface area contributed by atoms with Crippen LogP contribution in [0.15, 0.2) is 59.5 Å². The van der Waals surface area contributed by atoms with E-state index in [0.29, 0.717) is 0 Å². The van der Waals surface area contributed by atoms with Crippen LogP contribution in [0.2, 0.25) is 0 Å². The first-order valence-electron chi connectivity index (χ1n) is 7.69. The summed E-state index contributed by atoms with van der Waals surface area (Å²) in [5.74, 6) is -2.00. The third-order valence-electron chi connectivity index (χ3n) is 3.84. The lowest BCUT2D eigenvalue weighted by molar-refractivity contribution is -0.274. The second kappa shape index (κ2) is 7.57. The van der Waals surface area contributed by atoms with Gasteiger partial charge in [0, 0.05) is 0 Å². The fourth-order valence-electron chi connectivity index (χ4n) is 2.49. The van der Waals surface area contributed by atoms with Gasteiger partial charge < -0.3 is 9.84 Å². The van der Waals surface area contributed by atoms with Crippen molar-refractivity contribution in [2.45, 2.75) is 30.1 Å². The van der Waals surface area contributed by atoms with Crippen LogP contribution in [-0.2, 0) is 20.4 Å². The maximum absolute atomic E-state index is 12.6. The molecular weight excluding hydrogens is 387 g/mol. The number of alkyl halides is 3. The molecule has 0 fully saturated rings. The van der Waals surface area contributed by atoms with Crippen LogP contribution in [0.4, 0.5) is 13.2 Å². The first-order valence-corrected chi connectivity index (χ1v) is 9.17. The number of ether oxygens (including phenoxy) is 1. The minimum Gasteiger partial charge on any atom is -0.480 e. The molecule has 0 aliphatic rings. The Bertz CT molecular complexity index is 898. The van der Waals surface area contributed by atoms with E-state index in [4.69, 9.17) is 0 Å². The van der Waals surface area contributed by atoms with Crippen molar-refractivity contribution in [2.24, 2.45) is 0 Å². The number of nitrogens with one attached hydrogen (secondary N) is 1. The molecule has 0 bridgehead atoms. The summed E-state index contributed by atoms with van der Waals surface area (Å²) in [4.78, 5) is 11.5. The molecule has 0 aromatic heterocycles. The summed E-state index contributed by atoms with van der Waals surface area (Å²) in [5.41, 5.74) is -1.71. The Balaban J connectivity index is 2.39. The predicted molar refractivity (Wildman–Crippen MR) is 89.5 cm³/mol. The van der Waals surface area contributed by atoms with Crippen LogP contribution < -0.4 is 9.46 Å². The molecule has 0 saturated heterocycles. The van der Waals surface area contributed by atoms with E-state index in [-0.39, 0.29) is 12.0 Å². The van der Waals surface area contributed by atoms with Crippen LogP contribution in [0.5, 0.6) is 5.75 Å². The van der Waals surface area contributed by atoms with Gasteiger partial charge in [0.15, 0.2) is 5.54 Å². The third kappa shape index (κ3) is 4.77. The number of hydrogen-bond donors (Lipinski definition) is 2. The average Bonchev–Trinajstić information content (AvgIpc) is 2.59. The van der Waals surface area contributed by atoms with E-state index in [1.807, 2.05) is 0 Å². The number of carboxylic acids is 1. The molecule has 6 nitrogen and oxygen atoms in total. The number of carboxylic acid groups (broad SMARTS) is 1. The van der Waals surface area contributed by atoms with Gasteiger partial charge in [0.2, 0.25) is 10.0 Å². The van der Waals surface area contributed by atoms with Crippen molar-refractivity contribution in [3.63, 3.8) is 0 Å². The van der Waals surface area contributed by atoms with E-state index in [2.05, 4.69) is 9.46 Å². The molecule has 10 heteroatoms. The molecule has 27 heavy (non-hydrogen) atoms. The van der Waals surface area contributed by atoms with Crippen molar-refractivity contribution in [3.8, 4) is 5.75 Å². The minimum atomic E-state index is -4.91. The monoisotopic (exact) mass is 403 g/mol. The summed E-state index contributed by atoms with van der Waals surface area (Å²) < 4.78 is 67.8. The molecule has 0 amide bonds. The molecule has 0 heterocycles. The van der Waals surface area contributed by atoms with Crippen molar-refractivity contribution >= 4 is 16.0 Å². The zero-order chi connectivity index (χ0) is 20.3. The molecule has 2 rings (SSSR count). The van der Waals surface area contributed by atoms with Crippen LogP contribution >= 0.6 is 0 Å². The number of benzene rings is 2. The van der Waals surface area contributed by atoms with Crippen LogP contribution in [0, 0.1) is 0 Å². The number of rotatable bonds is 7. The van der Waals surface area contributed by atoms with Gasteiger partial charge in [-0.2, -0.15) is 4.72 Å². The Labute approximate surface area is 153 Å². The van der Waals surface area contributed by atoms with Gasteiger partial charge in [-0.3, -0.25) is 0 Å². The maximum Gasteiger partial charge on any atom is 0.573 e. The molecule has 0 saturated carbocycles. The number of carbonyl (C=O) groups is 1. The van der Waals surface area contributed by atoms with Gasteiger partial charge in [0.05, 0.1) is 4.90 Å². The standard InChI is InChI=1S/C17H16F3NO5S/c1-2-16(15(22)23,12-6-4-3-5-7-12)21-27(24,25)14-10-8-13(9-11-14)26-17(18,19)20/h3-11,21H,2H2,1H3,(H,22,23)/t16-/m0/s1. The molecule has 2 aromatic carbocycles. The van der Waals surface area contributed by atoms with Crippen molar-refractivity contribution in [2.75, 3.05) is 0 Å². The number of aliphatic carboxylic acids is 1. The van der Waals surface area contributed by atoms with Gasteiger partial charge >= 0.3 is 12.3 Å². The average molecular weight is 403 g/mol. The van der Waals surface area contributed by atoms with E-state index >= 15 is 0 Å². The summed E-state index contributed by atoms with van der Waals surface area (Å²) in [6, 6.07) is 11.2. The third-order valence-corrected chi connectivity index (χ3v) is 5.35. The second-order valence-electron chi connectivity index (χ2n) is 5.55. The summed E-state index contributed by atoms with van der Waals surface area (Å²) in [6.45, 7) is 1.50. The van der Waals surface area contributed by atoms with Crippen molar-refractivity contribution in [1.29, 1.82) is 0 Å². The van der Waals surface area contributed by atoms with Crippen LogP contribution in [-0.4, -0.2) is 25.9 Å². The smallest absolute Gasteiger partial charge is 0.480 e. The second-order valence-corrected chi connectivity index (χ2v) is 7.24. The molecule has 0 spiro atoms. The number of sulfonamides is 1. The van der Waals surface area contributed by atoms with E-state index in [9.17, 15) is 31.5 Å². The van der Waals surface area contributed by atoms with Gasteiger partial charge in [-0.05, 0) is 36.2 Å². The number of hydrogen-bond acceptors (Lipinski definition) is 4. The molecular formula is C17H16F3NO5S. The highest BCUT2D eigenvalue weighted by Gasteiger charge is 2.42. The van der Waals surface area contributed by atoms with Crippen molar-refractivity contribution < 1.29 is 36.2 Å².